The van der Waals surface area contributed by atoms with Crippen molar-refractivity contribution in [1.29, 1.82) is 0 Å². The summed E-state index contributed by atoms with van der Waals surface area (Å²) in [5.41, 5.74) is 8.97. The monoisotopic (exact) mass is 440 g/mol. The number of fused-ring (bicyclic) bond motifs is 2. The lowest BCUT2D eigenvalue weighted by atomic mass is 9.80. The molecule has 4 aromatic carbocycles. The number of hydrogen-bond acceptors (Lipinski definition) is 2. The third kappa shape index (κ3) is 3.03. The molecule has 0 saturated carbocycles. The minimum absolute atomic E-state index is 0.0316. The van der Waals surface area contributed by atoms with Crippen LogP contribution < -0.4 is 0 Å². The zero-order chi connectivity index (χ0) is 23.4. The van der Waals surface area contributed by atoms with Crippen molar-refractivity contribution >= 4 is 11.6 Å². The Balaban J connectivity index is 1.69. The van der Waals surface area contributed by atoms with Gasteiger partial charge in [-0.25, -0.2) is 0 Å². The lowest BCUT2D eigenvalue weighted by molar-refractivity contribution is 0.100. The normalized spacial score (nSPS) is 21.0. The molecule has 2 heteroatoms. The van der Waals surface area contributed by atoms with E-state index in [0.717, 1.165) is 33.4 Å². The highest BCUT2D eigenvalue weighted by atomic mass is 16.1. The van der Waals surface area contributed by atoms with Crippen LogP contribution in [0.25, 0.3) is 0 Å². The molecule has 0 radical (unpaired) electrons. The maximum atomic E-state index is 14.0. The zero-order valence-electron chi connectivity index (χ0n) is 19.2. The molecule has 0 bridgehead atoms. The molecule has 164 valence electrons. The van der Waals surface area contributed by atoms with E-state index < -0.39 is 0 Å². The van der Waals surface area contributed by atoms with Crippen molar-refractivity contribution < 1.29 is 9.59 Å². The Morgan fingerprint density at radius 3 is 1.32 bits per heavy atom. The number of aryl methyl sites for hydroxylation is 2. The lowest BCUT2D eigenvalue weighted by Crippen LogP contribution is -2.14. The van der Waals surface area contributed by atoms with Gasteiger partial charge in [0.25, 0.3) is 0 Å². The fourth-order valence-corrected chi connectivity index (χ4v) is 5.72. The van der Waals surface area contributed by atoms with Crippen LogP contribution in [0, 0.1) is 13.8 Å². The number of hydrogen-bond donors (Lipinski definition) is 0. The minimum Gasteiger partial charge on any atom is -0.289 e. The van der Waals surface area contributed by atoms with E-state index in [1.54, 1.807) is 0 Å². The summed E-state index contributed by atoms with van der Waals surface area (Å²) < 4.78 is 0. The zero-order valence-corrected chi connectivity index (χ0v) is 19.2. The molecule has 0 aliphatic heterocycles. The third-order valence-corrected chi connectivity index (χ3v) is 7.14. The van der Waals surface area contributed by atoms with Gasteiger partial charge in [0.1, 0.15) is 0 Å². The number of carbonyl (C=O) groups is 2. The SMILES string of the molecule is Cc1cccc([C@@H]2/C(=C3\C(=O)c4ccccc4[C@@H]3c3cccc(C)c3)C(=O)c3ccccc32)c1. The van der Waals surface area contributed by atoms with Gasteiger partial charge in [0, 0.05) is 34.1 Å². The van der Waals surface area contributed by atoms with Gasteiger partial charge in [-0.05, 0) is 36.1 Å². The molecule has 2 aliphatic rings. The molecule has 0 unspecified atom stereocenters. The van der Waals surface area contributed by atoms with E-state index in [0.29, 0.717) is 22.3 Å². The summed E-state index contributed by atoms with van der Waals surface area (Å²) >= 11 is 0. The molecule has 0 aromatic heterocycles. The third-order valence-electron chi connectivity index (χ3n) is 7.14. The summed E-state index contributed by atoms with van der Waals surface area (Å²) in [5.74, 6) is -0.583. The van der Waals surface area contributed by atoms with Crippen LogP contribution in [0.2, 0.25) is 0 Å². The summed E-state index contributed by atoms with van der Waals surface area (Å²) in [6, 6.07) is 32.2. The predicted octanol–water partition coefficient (Wildman–Crippen LogP) is 6.96. The van der Waals surface area contributed by atoms with Crippen LogP contribution in [0.4, 0.5) is 0 Å². The molecule has 0 fully saturated rings. The summed E-state index contributed by atoms with van der Waals surface area (Å²) in [6.07, 6.45) is 0. The molecule has 2 aliphatic carbocycles. The Bertz CT molecular complexity index is 1410. The van der Waals surface area contributed by atoms with Gasteiger partial charge >= 0.3 is 0 Å². The van der Waals surface area contributed by atoms with Crippen LogP contribution in [-0.4, -0.2) is 11.6 Å². The Morgan fingerprint density at radius 1 is 0.500 bits per heavy atom. The highest BCUT2D eigenvalue weighted by molar-refractivity contribution is 6.24. The quantitative estimate of drug-likeness (QED) is 0.316. The number of benzene rings is 4. The molecule has 2 atom stereocenters. The number of Topliss-reactive ketones (excluding diaryl/α,β-unsaturated/α-hetero) is 2. The largest absolute Gasteiger partial charge is 0.289 e. The molecule has 2 nitrogen and oxygen atoms in total. The molecule has 0 saturated heterocycles. The Hall–Kier alpha value is -4.04. The molecule has 0 spiro atoms. The van der Waals surface area contributed by atoms with Crippen LogP contribution in [0.1, 0.15) is 65.9 Å². The summed E-state index contributed by atoms with van der Waals surface area (Å²) in [6.45, 7) is 4.12. The van der Waals surface area contributed by atoms with E-state index in [1.165, 1.54) is 0 Å². The van der Waals surface area contributed by atoms with Crippen molar-refractivity contribution in [3.63, 3.8) is 0 Å². The van der Waals surface area contributed by atoms with E-state index >= 15 is 0 Å². The summed E-state index contributed by atoms with van der Waals surface area (Å²) in [5, 5.41) is 0. The Labute approximate surface area is 199 Å². The van der Waals surface area contributed by atoms with E-state index in [-0.39, 0.29) is 23.4 Å². The van der Waals surface area contributed by atoms with Gasteiger partial charge in [0.05, 0.1) is 0 Å². The highest BCUT2D eigenvalue weighted by Gasteiger charge is 2.45. The molecule has 0 amide bonds. The maximum absolute atomic E-state index is 14.0. The van der Waals surface area contributed by atoms with Gasteiger partial charge in [0.2, 0.25) is 0 Å². The lowest BCUT2D eigenvalue weighted by Gasteiger charge is -2.21. The van der Waals surface area contributed by atoms with Gasteiger partial charge in [0.15, 0.2) is 11.6 Å². The molecule has 34 heavy (non-hydrogen) atoms. The van der Waals surface area contributed by atoms with E-state index in [1.807, 2.05) is 60.7 Å². The predicted molar refractivity (Wildman–Crippen MR) is 135 cm³/mol. The van der Waals surface area contributed by atoms with E-state index in [4.69, 9.17) is 0 Å². The molecular weight excluding hydrogens is 416 g/mol. The first-order valence-corrected chi connectivity index (χ1v) is 11.7. The van der Waals surface area contributed by atoms with Crippen molar-refractivity contribution in [3.8, 4) is 0 Å². The topological polar surface area (TPSA) is 34.1 Å². The first-order valence-electron chi connectivity index (χ1n) is 11.7. The van der Waals surface area contributed by atoms with Crippen LogP contribution in [0.5, 0.6) is 0 Å². The van der Waals surface area contributed by atoms with Gasteiger partial charge in [-0.1, -0.05) is 108 Å². The molecule has 6 rings (SSSR count). The van der Waals surface area contributed by atoms with E-state index in [2.05, 4.69) is 50.2 Å². The van der Waals surface area contributed by atoms with Gasteiger partial charge in [-0.3, -0.25) is 9.59 Å². The second kappa shape index (κ2) is 7.78. The Kier molecular flexibility index (Phi) is 4.70. The van der Waals surface area contributed by atoms with Gasteiger partial charge < -0.3 is 0 Å². The minimum atomic E-state index is -0.260. The average Bonchev–Trinajstić information content (AvgIpc) is 3.30. The Morgan fingerprint density at radius 2 is 0.912 bits per heavy atom. The smallest absolute Gasteiger partial charge is 0.190 e. The van der Waals surface area contributed by atoms with Crippen molar-refractivity contribution in [1.82, 2.24) is 0 Å². The molecule has 0 N–H and O–H groups in total. The maximum Gasteiger partial charge on any atom is 0.190 e. The van der Waals surface area contributed by atoms with E-state index in [9.17, 15) is 9.59 Å². The van der Waals surface area contributed by atoms with Crippen LogP contribution >= 0.6 is 0 Å². The second-order valence-electron chi connectivity index (χ2n) is 9.35. The van der Waals surface area contributed by atoms with Crippen molar-refractivity contribution in [2.24, 2.45) is 0 Å². The van der Waals surface area contributed by atoms with Crippen LogP contribution in [0.15, 0.2) is 108 Å². The highest BCUT2D eigenvalue weighted by Crippen LogP contribution is 2.51. The molecule has 4 aromatic rings. The number of ketones is 2. The summed E-state index contributed by atoms with van der Waals surface area (Å²) in [4.78, 5) is 28.0. The first kappa shape index (κ1) is 20.6. The molecule has 0 heterocycles. The molecular formula is C32H24O2. The van der Waals surface area contributed by atoms with Crippen LogP contribution in [-0.2, 0) is 0 Å². The standard InChI is InChI=1S/C32H24O2/c1-19-9-7-11-21(17-19)27-23-13-3-5-15-25(23)31(33)29(27)30-28(22-12-8-10-20(2)18-22)24-14-4-6-16-26(24)32(30)34/h3-18,27-28H,1-2H3/b30-29+/t27-,28-/m0/s1. The van der Waals surface area contributed by atoms with Crippen molar-refractivity contribution in [3.05, 3.63) is 153 Å². The first-order chi connectivity index (χ1) is 16.5. The van der Waals surface area contributed by atoms with Crippen molar-refractivity contribution in [2.75, 3.05) is 0 Å². The van der Waals surface area contributed by atoms with Gasteiger partial charge in [-0.15, -0.1) is 0 Å². The number of rotatable bonds is 2. The fourth-order valence-electron chi connectivity index (χ4n) is 5.72. The number of allylic oxidation sites excluding steroid dienone is 2. The van der Waals surface area contributed by atoms with Gasteiger partial charge in [-0.2, -0.15) is 0 Å². The van der Waals surface area contributed by atoms with Crippen LogP contribution in [0.3, 0.4) is 0 Å². The average molecular weight is 441 g/mol. The fraction of sp³-hybridized carbons (Fsp3) is 0.125. The summed E-state index contributed by atoms with van der Waals surface area (Å²) in [7, 11) is 0. The van der Waals surface area contributed by atoms with Crippen molar-refractivity contribution in [2.45, 2.75) is 25.7 Å². The second-order valence-corrected chi connectivity index (χ2v) is 9.35. The number of carbonyl (C=O) groups excluding carboxylic acids is 2.